The van der Waals surface area contributed by atoms with Crippen LogP contribution in [0.2, 0.25) is 0 Å². The van der Waals surface area contributed by atoms with Gasteiger partial charge in [-0.25, -0.2) is 9.97 Å². The maximum absolute atomic E-state index is 6.26. The summed E-state index contributed by atoms with van der Waals surface area (Å²) >= 11 is 0. The lowest BCUT2D eigenvalue weighted by Gasteiger charge is -2.16. The Labute approximate surface area is 107 Å². The molecule has 0 aliphatic heterocycles. The van der Waals surface area contributed by atoms with Crippen LogP contribution in [0.4, 0.5) is 0 Å². The first-order valence-corrected chi connectivity index (χ1v) is 5.81. The first kappa shape index (κ1) is 12.5. The van der Waals surface area contributed by atoms with Crippen molar-refractivity contribution in [3.05, 3.63) is 53.0 Å². The van der Waals surface area contributed by atoms with Crippen molar-refractivity contribution in [1.82, 2.24) is 9.97 Å². The zero-order chi connectivity index (χ0) is 13.1. The third-order valence-electron chi connectivity index (χ3n) is 3.17. The minimum atomic E-state index is -0.262. The van der Waals surface area contributed by atoms with Crippen LogP contribution in [0.15, 0.2) is 30.6 Å². The monoisotopic (exact) mass is 243 g/mol. The molecule has 0 aliphatic rings. The summed E-state index contributed by atoms with van der Waals surface area (Å²) in [5, 5.41) is 0. The lowest BCUT2D eigenvalue weighted by atomic mass is 9.96. The SMILES string of the molecule is COc1cc(C(N)c2cccc(C)c2C)ncn1. The second-order valence-electron chi connectivity index (χ2n) is 4.25. The van der Waals surface area contributed by atoms with E-state index in [2.05, 4.69) is 29.9 Å². The highest BCUT2D eigenvalue weighted by atomic mass is 16.5. The molecule has 0 aliphatic carbocycles. The maximum atomic E-state index is 6.26. The molecule has 1 unspecified atom stereocenters. The summed E-state index contributed by atoms with van der Waals surface area (Å²) < 4.78 is 5.09. The van der Waals surface area contributed by atoms with Gasteiger partial charge in [-0.1, -0.05) is 18.2 Å². The van der Waals surface area contributed by atoms with Crippen LogP contribution in [0.3, 0.4) is 0 Å². The summed E-state index contributed by atoms with van der Waals surface area (Å²) in [6.07, 6.45) is 1.47. The lowest BCUT2D eigenvalue weighted by molar-refractivity contribution is 0.395. The van der Waals surface area contributed by atoms with E-state index < -0.39 is 0 Å². The molecule has 0 radical (unpaired) electrons. The average molecular weight is 243 g/mol. The van der Waals surface area contributed by atoms with Gasteiger partial charge in [0.15, 0.2) is 0 Å². The summed E-state index contributed by atoms with van der Waals surface area (Å²) in [6, 6.07) is 7.62. The number of hydrogen-bond donors (Lipinski definition) is 1. The highest BCUT2D eigenvalue weighted by molar-refractivity contribution is 5.39. The Kier molecular flexibility index (Phi) is 3.58. The lowest BCUT2D eigenvalue weighted by Crippen LogP contribution is -2.15. The first-order valence-electron chi connectivity index (χ1n) is 5.81. The Balaban J connectivity index is 2.41. The number of nitrogens with zero attached hydrogens (tertiary/aromatic N) is 2. The molecule has 1 aromatic carbocycles. The molecule has 2 aromatic rings. The number of aryl methyl sites for hydroxylation is 1. The van der Waals surface area contributed by atoms with Crippen molar-refractivity contribution in [3.8, 4) is 5.88 Å². The van der Waals surface area contributed by atoms with Crippen molar-refractivity contribution >= 4 is 0 Å². The molecule has 2 rings (SSSR count). The van der Waals surface area contributed by atoms with Crippen LogP contribution in [-0.4, -0.2) is 17.1 Å². The second-order valence-corrected chi connectivity index (χ2v) is 4.25. The molecule has 1 aromatic heterocycles. The highest BCUT2D eigenvalue weighted by Gasteiger charge is 2.14. The standard InChI is InChI=1S/C14H17N3O/c1-9-5-4-6-11(10(9)2)14(15)12-7-13(18-3)17-8-16-12/h4-8,14H,15H2,1-3H3. The van der Waals surface area contributed by atoms with Gasteiger partial charge in [-0.15, -0.1) is 0 Å². The Morgan fingerprint density at radius 3 is 2.72 bits per heavy atom. The summed E-state index contributed by atoms with van der Waals surface area (Å²) in [5.74, 6) is 0.528. The number of methoxy groups -OCH3 is 1. The molecule has 0 saturated heterocycles. The third-order valence-corrected chi connectivity index (χ3v) is 3.17. The van der Waals surface area contributed by atoms with Gasteiger partial charge in [0, 0.05) is 6.07 Å². The predicted octanol–water partition coefficient (Wildman–Crippen LogP) is 2.15. The summed E-state index contributed by atoms with van der Waals surface area (Å²) in [7, 11) is 1.58. The quantitative estimate of drug-likeness (QED) is 0.897. The fourth-order valence-corrected chi connectivity index (χ4v) is 1.91. The van der Waals surface area contributed by atoms with Crippen LogP contribution >= 0.6 is 0 Å². The molecule has 0 saturated carbocycles. The van der Waals surface area contributed by atoms with Gasteiger partial charge >= 0.3 is 0 Å². The smallest absolute Gasteiger partial charge is 0.216 e. The molecule has 18 heavy (non-hydrogen) atoms. The van der Waals surface area contributed by atoms with E-state index in [9.17, 15) is 0 Å². The van der Waals surface area contributed by atoms with Crippen LogP contribution in [-0.2, 0) is 0 Å². The van der Waals surface area contributed by atoms with Gasteiger partial charge in [0.25, 0.3) is 0 Å². The molecule has 1 atom stereocenters. The Morgan fingerprint density at radius 2 is 2.00 bits per heavy atom. The van der Waals surface area contributed by atoms with Crippen molar-refractivity contribution in [2.75, 3.05) is 7.11 Å². The van der Waals surface area contributed by atoms with Crippen molar-refractivity contribution in [1.29, 1.82) is 0 Å². The largest absolute Gasteiger partial charge is 0.481 e. The normalized spacial score (nSPS) is 12.2. The van der Waals surface area contributed by atoms with Gasteiger partial charge in [-0.3, -0.25) is 0 Å². The maximum Gasteiger partial charge on any atom is 0.216 e. The third kappa shape index (κ3) is 2.33. The molecule has 0 fully saturated rings. The Morgan fingerprint density at radius 1 is 1.22 bits per heavy atom. The molecule has 1 heterocycles. The fourth-order valence-electron chi connectivity index (χ4n) is 1.91. The number of nitrogens with two attached hydrogens (primary N) is 1. The van der Waals surface area contributed by atoms with Crippen LogP contribution in [0.1, 0.15) is 28.4 Å². The minimum Gasteiger partial charge on any atom is -0.481 e. The number of benzene rings is 1. The minimum absolute atomic E-state index is 0.262. The number of hydrogen-bond acceptors (Lipinski definition) is 4. The van der Waals surface area contributed by atoms with Crippen molar-refractivity contribution < 1.29 is 4.74 Å². The van der Waals surface area contributed by atoms with E-state index in [1.54, 1.807) is 13.2 Å². The van der Waals surface area contributed by atoms with Crippen LogP contribution in [0.5, 0.6) is 5.88 Å². The van der Waals surface area contributed by atoms with Crippen molar-refractivity contribution in [3.63, 3.8) is 0 Å². The van der Waals surface area contributed by atoms with E-state index >= 15 is 0 Å². The predicted molar refractivity (Wildman–Crippen MR) is 70.5 cm³/mol. The van der Waals surface area contributed by atoms with Gasteiger partial charge < -0.3 is 10.5 Å². The Bertz CT molecular complexity index is 554. The Hall–Kier alpha value is -1.94. The van der Waals surface area contributed by atoms with Gasteiger partial charge in [0.05, 0.1) is 18.8 Å². The summed E-state index contributed by atoms with van der Waals surface area (Å²) in [5.41, 5.74) is 10.5. The summed E-state index contributed by atoms with van der Waals surface area (Å²) in [6.45, 7) is 4.15. The summed E-state index contributed by atoms with van der Waals surface area (Å²) in [4.78, 5) is 8.20. The molecular formula is C14H17N3O. The van der Waals surface area contributed by atoms with E-state index in [0.29, 0.717) is 5.88 Å². The molecular weight excluding hydrogens is 226 g/mol. The number of aromatic nitrogens is 2. The highest BCUT2D eigenvalue weighted by Crippen LogP contribution is 2.24. The van der Waals surface area contributed by atoms with Gasteiger partial charge in [-0.05, 0) is 30.5 Å². The van der Waals surface area contributed by atoms with Crippen molar-refractivity contribution in [2.45, 2.75) is 19.9 Å². The van der Waals surface area contributed by atoms with Gasteiger partial charge in [-0.2, -0.15) is 0 Å². The molecule has 2 N–H and O–H groups in total. The molecule has 0 bridgehead atoms. The van der Waals surface area contributed by atoms with Crippen LogP contribution in [0.25, 0.3) is 0 Å². The average Bonchev–Trinajstić information content (AvgIpc) is 2.41. The number of rotatable bonds is 3. The van der Waals surface area contributed by atoms with Crippen LogP contribution < -0.4 is 10.5 Å². The molecule has 4 nitrogen and oxygen atoms in total. The molecule has 0 spiro atoms. The first-order chi connectivity index (χ1) is 8.63. The fraction of sp³-hybridized carbons (Fsp3) is 0.286. The van der Waals surface area contributed by atoms with E-state index in [-0.39, 0.29) is 6.04 Å². The van der Waals surface area contributed by atoms with Gasteiger partial charge in [0.1, 0.15) is 6.33 Å². The topological polar surface area (TPSA) is 61.0 Å². The zero-order valence-corrected chi connectivity index (χ0v) is 10.8. The molecule has 94 valence electrons. The molecule has 4 heteroatoms. The van der Waals surface area contributed by atoms with E-state index in [1.165, 1.54) is 17.5 Å². The van der Waals surface area contributed by atoms with Gasteiger partial charge in [0.2, 0.25) is 5.88 Å². The van der Waals surface area contributed by atoms with Crippen LogP contribution in [0, 0.1) is 13.8 Å². The van der Waals surface area contributed by atoms with E-state index in [4.69, 9.17) is 10.5 Å². The zero-order valence-electron chi connectivity index (χ0n) is 10.8. The second kappa shape index (κ2) is 5.14. The van der Waals surface area contributed by atoms with E-state index in [1.807, 2.05) is 12.1 Å². The van der Waals surface area contributed by atoms with E-state index in [0.717, 1.165) is 11.3 Å². The number of ether oxygens (including phenoxy) is 1. The van der Waals surface area contributed by atoms with Crippen molar-refractivity contribution in [2.24, 2.45) is 5.73 Å². The molecule has 0 amide bonds.